The molecule has 0 N–H and O–H groups in total. The second kappa shape index (κ2) is 24.4. The topological polar surface area (TPSA) is 27.7 Å². The molecule has 1 atom stereocenters. The summed E-state index contributed by atoms with van der Waals surface area (Å²) in [5.74, 6) is 0. The summed E-state index contributed by atoms with van der Waals surface area (Å²) in [4.78, 5) is 0. The van der Waals surface area contributed by atoms with Gasteiger partial charge in [-0.2, -0.15) is 0 Å². The third-order valence-corrected chi connectivity index (χ3v) is 12.4. The Labute approximate surface area is 223 Å². The van der Waals surface area contributed by atoms with Crippen molar-refractivity contribution in [2.45, 2.75) is 181 Å². The molecular formula is C31H66O3Si. The van der Waals surface area contributed by atoms with Crippen molar-refractivity contribution >= 4 is 8.56 Å². The molecular weight excluding hydrogens is 448 g/mol. The molecule has 3 nitrogen and oxygen atoms in total. The van der Waals surface area contributed by atoms with Crippen LogP contribution in [0.1, 0.15) is 170 Å². The summed E-state index contributed by atoms with van der Waals surface area (Å²) in [6.45, 7) is 15.2. The van der Waals surface area contributed by atoms with Gasteiger partial charge in [-0.1, -0.05) is 136 Å². The van der Waals surface area contributed by atoms with Gasteiger partial charge in [-0.15, -0.1) is 0 Å². The van der Waals surface area contributed by atoms with Gasteiger partial charge < -0.3 is 13.6 Å². The van der Waals surface area contributed by atoms with Gasteiger partial charge in [0.15, 0.2) is 0 Å². The highest BCUT2D eigenvalue weighted by Crippen LogP contribution is 2.43. The molecule has 212 valence electrons. The van der Waals surface area contributed by atoms with Crippen molar-refractivity contribution in [3.8, 4) is 0 Å². The molecule has 1 fully saturated rings. The molecule has 1 aliphatic rings. The van der Waals surface area contributed by atoms with Crippen molar-refractivity contribution in [1.29, 1.82) is 0 Å². The van der Waals surface area contributed by atoms with Crippen LogP contribution in [0.15, 0.2) is 0 Å². The maximum atomic E-state index is 6.16. The minimum absolute atomic E-state index is 0.119. The van der Waals surface area contributed by atoms with Crippen LogP contribution < -0.4 is 0 Å². The van der Waals surface area contributed by atoms with Crippen molar-refractivity contribution in [3.05, 3.63) is 0 Å². The molecule has 4 heteroatoms. The van der Waals surface area contributed by atoms with Gasteiger partial charge in [0.25, 0.3) is 0 Å². The van der Waals surface area contributed by atoms with E-state index in [4.69, 9.17) is 13.6 Å². The smallest absolute Gasteiger partial charge is 0.371 e. The van der Waals surface area contributed by atoms with Crippen LogP contribution in [-0.4, -0.2) is 33.6 Å². The molecule has 1 unspecified atom stereocenters. The summed E-state index contributed by atoms with van der Waals surface area (Å²) < 4.78 is 18.5. The molecule has 0 bridgehead atoms. The fourth-order valence-corrected chi connectivity index (χ4v) is 10.2. The van der Waals surface area contributed by atoms with Crippen molar-refractivity contribution in [1.82, 2.24) is 0 Å². The zero-order chi connectivity index (χ0) is 26.1. The minimum Gasteiger partial charge on any atom is -0.393 e. The zero-order valence-electron chi connectivity index (χ0n) is 25.2. The Balaban J connectivity index is 0.000000661. The maximum absolute atomic E-state index is 6.16. The van der Waals surface area contributed by atoms with Crippen LogP contribution in [0, 0.1) is 0 Å². The molecule has 0 radical (unpaired) electrons. The lowest BCUT2D eigenvalue weighted by molar-refractivity contribution is -0.0426. The molecule has 0 aliphatic carbocycles. The largest absolute Gasteiger partial charge is 0.393 e. The predicted octanol–water partition coefficient (Wildman–Crippen LogP) is 10.7. The Bertz CT molecular complexity index is 400. The quantitative estimate of drug-likeness (QED) is 0.106. The molecule has 1 saturated heterocycles. The summed E-state index contributed by atoms with van der Waals surface area (Å²) >= 11 is 0. The van der Waals surface area contributed by atoms with Crippen LogP contribution in [0.25, 0.3) is 0 Å². The third-order valence-electron chi connectivity index (χ3n) is 7.73. The Morgan fingerprint density at radius 1 is 0.514 bits per heavy atom. The lowest BCUT2D eigenvalue weighted by Gasteiger charge is -2.49. The number of hydrogen-bond acceptors (Lipinski definition) is 3. The van der Waals surface area contributed by atoms with Crippen molar-refractivity contribution in [2.24, 2.45) is 0 Å². The Hall–Kier alpha value is 0.0969. The second-order valence-corrected chi connectivity index (χ2v) is 14.1. The van der Waals surface area contributed by atoms with E-state index in [1.54, 1.807) is 0 Å². The average Bonchev–Trinajstić information content (AvgIpc) is 2.86. The predicted molar refractivity (Wildman–Crippen MR) is 158 cm³/mol. The molecule has 1 rings (SSSR count). The number of rotatable bonds is 22. The van der Waals surface area contributed by atoms with E-state index < -0.39 is 8.56 Å². The highest BCUT2D eigenvalue weighted by atomic mass is 28.4. The van der Waals surface area contributed by atoms with Gasteiger partial charge in [-0.25, -0.2) is 0 Å². The van der Waals surface area contributed by atoms with Crippen LogP contribution in [-0.2, 0) is 13.6 Å². The van der Waals surface area contributed by atoms with Crippen LogP contribution in [0.5, 0.6) is 0 Å². The van der Waals surface area contributed by atoms with E-state index in [1.165, 1.54) is 116 Å². The summed E-state index contributed by atoms with van der Waals surface area (Å²) in [5, 5.41) is -0.119. The highest BCUT2D eigenvalue weighted by molar-refractivity contribution is 6.70. The summed E-state index contributed by atoms with van der Waals surface area (Å²) in [6.07, 6.45) is 28.0. The normalized spacial score (nSPS) is 19.4. The van der Waals surface area contributed by atoms with Gasteiger partial charge in [0, 0.05) is 19.8 Å². The van der Waals surface area contributed by atoms with Crippen LogP contribution >= 0.6 is 0 Å². The lowest BCUT2D eigenvalue weighted by Crippen LogP contribution is -2.65. The maximum Gasteiger partial charge on any atom is 0.371 e. The van der Waals surface area contributed by atoms with Crippen LogP contribution in [0.4, 0.5) is 0 Å². The first kappa shape index (κ1) is 35.1. The fourth-order valence-electron chi connectivity index (χ4n) is 5.73. The number of ether oxygens (including phenoxy) is 1. The monoisotopic (exact) mass is 514 g/mol. The molecule has 0 spiro atoms. The first-order valence-electron chi connectivity index (χ1n) is 16.0. The minimum atomic E-state index is -2.21. The van der Waals surface area contributed by atoms with E-state index in [2.05, 4.69) is 41.5 Å². The van der Waals surface area contributed by atoms with E-state index in [9.17, 15) is 0 Å². The summed E-state index contributed by atoms with van der Waals surface area (Å²) in [5.41, 5.74) is 0. The molecule has 0 aromatic heterocycles. The summed E-state index contributed by atoms with van der Waals surface area (Å²) in [6, 6.07) is 1.09. The van der Waals surface area contributed by atoms with Gasteiger partial charge in [0.05, 0.1) is 0 Å². The Morgan fingerprint density at radius 3 is 1.23 bits per heavy atom. The highest BCUT2D eigenvalue weighted by Gasteiger charge is 2.58. The Kier molecular flexibility index (Phi) is 24.5. The first-order valence-corrected chi connectivity index (χ1v) is 18.1. The zero-order valence-corrected chi connectivity index (χ0v) is 26.2. The van der Waals surface area contributed by atoms with Crippen molar-refractivity contribution in [3.63, 3.8) is 0 Å². The van der Waals surface area contributed by atoms with E-state index in [-0.39, 0.29) is 5.22 Å². The van der Waals surface area contributed by atoms with E-state index in [0.29, 0.717) is 0 Å². The third kappa shape index (κ3) is 15.2. The first-order chi connectivity index (χ1) is 17.1. The van der Waals surface area contributed by atoms with Crippen LogP contribution in [0.3, 0.4) is 0 Å². The van der Waals surface area contributed by atoms with Gasteiger partial charge >= 0.3 is 8.56 Å². The lowest BCUT2D eigenvalue weighted by atomic mass is 10.0. The van der Waals surface area contributed by atoms with E-state index in [1.807, 2.05) is 0 Å². The summed E-state index contributed by atoms with van der Waals surface area (Å²) in [7, 11) is -2.21. The second-order valence-electron chi connectivity index (χ2n) is 10.6. The van der Waals surface area contributed by atoms with Gasteiger partial charge in [-0.3, -0.25) is 0 Å². The average molecular weight is 515 g/mol. The van der Waals surface area contributed by atoms with Gasteiger partial charge in [0.2, 0.25) is 0 Å². The SMILES string of the molecule is CCCCCCCCCCCCCCCCCC.CCOC1(CC)CCCC[Si]1(OCC)OCC. The molecule has 0 saturated carbocycles. The standard InChI is InChI=1S/C18H38.C13H28O3Si/c1-3-5-7-9-11-13-15-17-18-16-14-12-10-8-6-4-2;1-5-13(14-6-2)11-9-10-12-17(13,15-7-3)16-8-4/h3-18H2,1-2H3;5-12H2,1-4H3. The van der Waals surface area contributed by atoms with Crippen molar-refractivity contribution in [2.75, 3.05) is 19.8 Å². The van der Waals surface area contributed by atoms with E-state index >= 15 is 0 Å². The van der Waals surface area contributed by atoms with Crippen molar-refractivity contribution < 1.29 is 13.6 Å². The Morgan fingerprint density at radius 2 is 0.914 bits per heavy atom. The fraction of sp³-hybridized carbons (Fsp3) is 1.00. The molecule has 1 aliphatic heterocycles. The molecule has 0 aromatic carbocycles. The number of unbranched alkanes of at least 4 members (excludes halogenated alkanes) is 15. The molecule has 0 aromatic rings. The van der Waals surface area contributed by atoms with E-state index in [0.717, 1.165) is 38.7 Å². The molecule has 1 heterocycles. The van der Waals surface area contributed by atoms with Crippen LogP contribution in [0.2, 0.25) is 6.04 Å². The van der Waals surface area contributed by atoms with Gasteiger partial charge in [-0.05, 0) is 39.7 Å². The molecule has 35 heavy (non-hydrogen) atoms. The molecule has 0 amide bonds. The van der Waals surface area contributed by atoms with Gasteiger partial charge in [0.1, 0.15) is 5.22 Å². The number of hydrogen-bond donors (Lipinski definition) is 0.